The second kappa shape index (κ2) is 5.84. The molecule has 2 heterocycles. The average molecular weight is 267 g/mol. The zero-order chi connectivity index (χ0) is 12.1. The zero-order valence-electron chi connectivity index (χ0n) is 9.22. The number of rotatable bonds is 4. The van der Waals surface area contributed by atoms with Gasteiger partial charge in [0.1, 0.15) is 10.1 Å². The van der Waals surface area contributed by atoms with E-state index in [4.69, 9.17) is 11.6 Å². The summed E-state index contributed by atoms with van der Waals surface area (Å²) in [7, 11) is 0. The maximum Gasteiger partial charge on any atom is 0.223 e. The van der Waals surface area contributed by atoms with Crippen LogP contribution in [-0.2, 0) is 0 Å². The summed E-state index contributed by atoms with van der Waals surface area (Å²) in [6, 6.07) is 5.52. The SMILES string of the molecule is CCNc1nccc(Sc2ccc(Cl)cn2)n1. The molecule has 0 aliphatic rings. The molecular formula is C11H11ClN4S. The van der Waals surface area contributed by atoms with Crippen LogP contribution in [0.5, 0.6) is 0 Å². The Kier molecular flexibility index (Phi) is 4.17. The van der Waals surface area contributed by atoms with Crippen LogP contribution in [0.25, 0.3) is 0 Å². The Labute approximate surface area is 109 Å². The minimum Gasteiger partial charge on any atom is -0.354 e. The number of anilines is 1. The van der Waals surface area contributed by atoms with Crippen LogP contribution < -0.4 is 5.32 Å². The lowest BCUT2D eigenvalue weighted by atomic mass is 10.5. The van der Waals surface area contributed by atoms with Crippen molar-refractivity contribution in [3.8, 4) is 0 Å². The van der Waals surface area contributed by atoms with Crippen LogP contribution in [0.1, 0.15) is 6.92 Å². The van der Waals surface area contributed by atoms with Gasteiger partial charge in [-0.05, 0) is 36.9 Å². The second-order valence-corrected chi connectivity index (χ2v) is 4.64. The van der Waals surface area contributed by atoms with Crippen LogP contribution >= 0.6 is 23.4 Å². The highest BCUT2D eigenvalue weighted by Gasteiger charge is 2.02. The van der Waals surface area contributed by atoms with Gasteiger partial charge in [0.2, 0.25) is 5.95 Å². The van der Waals surface area contributed by atoms with E-state index < -0.39 is 0 Å². The smallest absolute Gasteiger partial charge is 0.223 e. The fourth-order valence-corrected chi connectivity index (χ4v) is 2.00. The van der Waals surface area contributed by atoms with Crippen LogP contribution in [0, 0.1) is 0 Å². The fraction of sp³-hybridized carbons (Fsp3) is 0.182. The molecule has 2 aromatic heterocycles. The van der Waals surface area contributed by atoms with E-state index in [2.05, 4.69) is 20.3 Å². The third kappa shape index (κ3) is 3.57. The van der Waals surface area contributed by atoms with Gasteiger partial charge >= 0.3 is 0 Å². The Balaban J connectivity index is 2.12. The van der Waals surface area contributed by atoms with Crippen LogP contribution in [0.4, 0.5) is 5.95 Å². The van der Waals surface area contributed by atoms with Crippen LogP contribution in [0.2, 0.25) is 5.02 Å². The molecule has 0 aromatic carbocycles. The first-order valence-corrected chi connectivity index (χ1v) is 6.33. The summed E-state index contributed by atoms with van der Waals surface area (Å²) < 4.78 is 0. The molecule has 6 heteroatoms. The normalized spacial score (nSPS) is 10.2. The first-order valence-electron chi connectivity index (χ1n) is 5.14. The van der Waals surface area contributed by atoms with Gasteiger partial charge in [0.25, 0.3) is 0 Å². The quantitative estimate of drug-likeness (QED) is 0.862. The van der Waals surface area contributed by atoms with E-state index in [1.54, 1.807) is 12.4 Å². The molecular weight excluding hydrogens is 256 g/mol. The van der Waals surface area contributed by atoms with E-state index in [0.717, 1.165) is 16.6 Å². The van der Waals surface area contributed by atoms with Crippen molar-refractivity contribution in [2.24, 2.45) is 0 Å². The summed E-state index contributed by atoms with van der Waals surface area (Å²) in [5.41, 5.74) is 0. The van der Waals surface area contributed by atoms with Crippen molar-refractivity contribution in [2.75, 3.05) is 11.9 Å². The topological polar surface area (TPSA) is 50.7 Å². The van der Waals surface area contributed by atoms with Crippen molar-refractivity contribution in [3.63, 3.8) is 0 Å². The van der Waals surface area contributed by atoms with Gasteiger partial charge in [-0.2, -0.15) is 0 Å². The predicted octanol–water partition coefficient (Wildman–Crippen LogP) is 3.11. The Morgan fingerprint density at radius 1 is 1.24 bits per heavy atom. The Bertz CT molecular complexity index is 489. The van der Waals surface area contributed by atoms with Gasteiger partial charge in [-0.1, -0.05) is 11.6 Å². The van der Waals surface area contributed by atoms with Gasteiger partial charge in [0.05, 0.1) is 5.02 Å². The molecule has 2 aromatic rings. The fourth-order valence-electron chi connectivity index (χ4n) is 1.17. The third-order valence-corrected chi connectivity index (χ3v) is 2.99. The maximum absolute atomic E-state index is 5.77. The molecule has 0 aliphatic carbocycles. The van der Waals surface area contributed by atoms with Crippen molar-refractivity contribution in [3.05, 3.63) is 35.6 Å². The van der Waals surface area contributed by atoms with Gasteiger partial charge in [-0.15, -0.1) is 0 Å². The molecule has 0 saturated carbocycles. The summed E-state index contributed by atoms with van der Waals surface area (Å²) >= 11 is 7.25. The van der Waals surface area contributed by atoms with Gasteiger partial charge < -0.3 is 5.32 Å². The average Bonchev–Trinajstić information content (AvgIpc) is 2.33. The van der Waals surface area contributed by atoms with Crippen molar-refractivity contribution in [1.82, 2.24) is 15.0 Å². The molecule has 0 amide bonds. The number of hydrogen-bond acceptors (Lipinski definition) is 5. The molecule has 1 N–H and O–H groups in total. The van der Waals surface area contributed by atoms with E-state index in [-0.39, 0.29) is 0 Å². The highest BCUT2D eigenvalue weighted by Crippen LogP contribution is 2.24. The van der Waals surface area contributed by atoms with E-state index in [1.165, 1.54) is 11.8 Å². The lowest BCUT2D eigenvalue weighted by Gasteiger charge is -2.03. The number of aromatic nitrogens is 3. The number of hydrogen-bond donors (Lipinski definition) is 1. The zero-order valence-corrected chi connectivity index (χ0v) is 10.8. The van der Waals surface area contributed by atoms with Crippen LogP contribution in [-0.4, -0.2) is 21.5 Å². The highest BCUT2D eigenvalue weighted by atomic mass is 35.5. The maximum atomic E-state index is 5.77. The molecule has 2 rings (SSSR count). The van der Waals surface area contributed by atoms with Gasteiger partial charge in [-0.25, -0.2) is 15.0 Å². The molecule has 0 fully saturated rings. The Morgan fingerprint density at radius 2 is 2.12 bits per heavy atom. The van der Waals surface area contributed by atoms with Crippen LogP contribution in [0.15, 0.2) is 40.6 Å². The molecule has 0 aliphatic heterocycles. The second-order valence-electron chi connectivity index (χ2n) is 3.17. The molecule has 88 valence electrons. The molecule has 0 bridgehead atoms. The molecule has 0 spiro atoms. The summed E-state index contributed by atoms with van der Waals surface area (Å²) in [5.74, 6) is 0.631. The predicted molar refractivity (Wildman–Crippen MR) is 69.6 cm³/mol. The summed E-state index contributed by atoms with van der Waals surface area (Å²) in [6.07, 6.45) is 3.35. The van der Waals surface area contributed by atoms with Gasteiger partial charge in [0, 0.05) is 18.9 Å². The minimum atomic E-state index is 0.630. The highest BCUT2D eigenvalue weighted by molar-refractivity contribution is 7.99. The lowest BCUT2D eigenvalue weighted by Crippen LogP contribution is -2.01. The summed E-state index contributed by atoms with van der Waals surface area (Å²) in [6.45, 7) is 2.80. The van der Waals surface area contributed by atoms with Crippen molar-refractivity contribution in [1.29, 1.82) is 0 Å². The summed E-state index contributed by atoms with van der Waals surface area (Å²) in [4.78, 5) is 12.7. The first-order chi connectivity index (χ1) is 8.28. The van der Waals surface area contributed by atoms with Crippen molar-refractivity contribution >= 4 is 29.3 Å². The van der Waals surface area contributed by atoms with Gasteiger partial charge in [0.15, 0.2) is 0 Å². The van der Waals surface area contributed by atoms with Crippen molar-refractivity contribution < 1.29 is 0 Å². The molecule has 0 saturated heterocycles. The molecule has 4 nitrogen and oxygen atoms in total. The van der Waals surface area contributed by atoms with Gasteiger partial charge in [-0.3, -0.25) is 0 Å². The molecule has 0 radical (unpaired) electrons. The summed E-state index contributed by atoms with van der Waals surface area (Å²) in [5, 5.41) is 5.41. The number of halogens is 1. The monoisotopic (exact) mass is 266 g/mol. The number of pyridine rings is 1. The third-order valence-electron chi connectivity index (χ3n) is 1.87. The lowest BCUT2D eigenvalue weighted by molar-refractivity contribution is 1.01. The van der Waals surface area contributed by atoms with Crippen LogP contribution in [0.3, 0.4) is 0 Å². The van der Waals surface area contributed by atoms with E-state index in [0.29, 0.717) is 11.0 Å². The standard InChI is InChI=1S/C11H11ClN4S/c1-2-13-11-14-6-5-10(16-11)17-9-4-3-8(12)7-15-9/h3-7H,2H2,1H3,(H,13,14,16). The molecule has 0 unspecified atom stereocenters. The molecule has 17 heavy (non-hydrogen) atoms. The molecule has 0 atom stereocenters. The largest absolute Gasteiger partial charge is 0.354 e. The van der Waals surface area contributed by atoms with E-state index in [1.807, 2.05) is 25.1 Å². The van der Waals surface area contributed by atoms with E-state index in [9.17, 15) is 0 Å². The Hall–Kier alpha value is -1.33. The van der Waals surface area contributed by atoms with E-state index >= 15 is 0 Å². The number of nitrogens with one attached hydrogen (secondary N) is 1. The number of nitrogens with zero attached hydrogens (tertiary/aromatic N) is 3. The van der Waals surface area contributed by atoms with Crippen molar-refractivity contribution in [2.45, 2.75) is 17.0 Å². The Morgan fingerprint density at radius 3 is 2.82 bits per heavy atom. The minimum absolute atomic E-state index is 0.630. The first kappa shape index (κ1) is 12.1.